The van der Waals surface area contributed by atoms with Crippen LogP contribution in [0.1, 0.15) is 10.4 Å². The van der Waals surface area contributed by atoms with Crippen molar-refractivity contribution in [1.82, 2.24) is 4.31 Å². The zero-order chi connectivity index (χ0) is 13.9. The number of ether oxygens (including phenoxy) is 2. The van der Waals surface area contributed by atoms with Crippen molar-refractivity contribution in [3.05, 3.63) is 23.8 Å². The molecule has 0 heterocycles. The van der Waals surface area contributed by atoms with Crippen molar-refractivity contribution < 1.29 is 22.7 Å². The molecule has 0 saturated heterocycles. The van der Waals surface area contributed by atoms with Crippen LogP contribution in [0.15, 0.2) is 23.1 Å². The number of benzene rings is 1. The first-order valence-electron chi connectivity index (χ1n) is 5.03. The van der Waals surface area contributed by atoms with E-state index in [0.717, 1.165) is 4.31 Å². The zero-order valence-electron chi connectivity index (χ0n) is 10.6. The Balaban J connectivity index is 3.40. The summed E-state index contributed by atoms with van der Waals surface area (Å²) in [5, 5.41) is 0. The third kappa shape index (κ3) is 2.62. The molecule has 6 nitrogen and oxygen atoms in total. The van der Waals surface area contributed by atoms with Gasteiger partial charge in [-0.25, -0.2) is 17.5 Å². The van der Waals surface area contributed by atoms with E-state index in [1.807, 2.05) is 0 Å². The lowest BCUT2D eigenvalue weighted by molar-refractivity contribution is 0.0597. The summed E-state index contributed by atoms with van der Waals surface area (Å²) in [4.78, 5) is 11.5. The van der Waals surface area contributed by atoms with Crippen LogP contribution < -0.4 is 4.74 Å². The predicted molar refractivity (Wildman–Crippen MR) is 65.2 cm³/mol. The molecule has 0 aliphatic rings. The maximum Gasteiger partial charge on any atom is 0.341 e. The van der Waals surface area contributed by atoms with Crippen LogP contribution in [-0.2, 0) is 14.8 Å². The third-order valence-electron chi connectivity index (χ3n) is 2.35. The van der Waals surface area contributed by atoms with E-state index in [0.29, 0.717) is 0 Å². The highest BCUT2D eigenvalue weighted by Gasteiger charge is 2.21. The second kappa shape index (κ2) is 5.36. The molecule has 1 rings (SSSR count). The number of sulfonamides is 1. The lowest BCUT2D eigenvalue weighted by Gasteiger charge is -2.13. The Morgan fingerprint density at radius 1 is 1.22 bits per heavy atom. The van der Waals surface area contributed by atoms with Crippen LogP contribution >= 0.6 is 0 Å². The van der Waals surface area contributed by atoms with Gasteiger partial charge in [0.05, 0.1) is 19.1 Å². The molecular weight excluding hydrogens is 258 g/mol. The van der Waals surface area contributed by atoms with Crippen LogP contribution in [0.4, 0.5) is 0 Å². The molecule has 18 heavy (non-hydrogen) atoms. The van der Waals surface area contributed by atoms with Crippen LogP contribution in [0.25, 0.3) is 0 Å². The van der Waals surface area contributed by atoms with E-state index in [1.165, 1.54) is 46.5 Å². The molecule has 0 aromatic heterocycles. The molecule has 0 spiro atoms. The summed E-state index contributed by atoms with van der Waals surface area (Å²) >= 11 is 0. The molecule has 0 N–H and O–H groups in total. The van der Waals surface area contributed by atoms with Gasteiger partial charge in [-0.3, -0.25) is 0 Å². The molecule has 0 fully saturated rings. The minimum Gasteiger partial charge on any atom is -0.496 e. The highest BCUT2D eigenvalue weighted by molar-refractivity contribution is 7.89. The van der Waals surface area contributed by atoms with Gasteiger partial charge in [-0.2, -0.15) is 0 Å². The maximum absolute atomic E-state index is 11.9. The topological polar surface area (TPSA) is 72.9 Å². The minimum absolute atomic E-state index is 0.00806. The molecule has 0 saturated carbocycles. The number of methoxy groups -OCH3 is 2. The molecular formula is C11H15NO5S. The molecule has 0 aliphatic heterocycles. The van der Waals surface area contributed by atoms with Gasteiger partial charge < -0.3 is 9.47 Å². The second-order valence-electron chi connectivity index (χ2n) is 3.64. The van der Waals surface area contributed by atoms with Crippen molar-refractivity contribution in [2.75, 3.05) is 28.3 Å². The largest absolute Gasteiger partial charge is 0.496 e. The lowest BCUT2D eigenvalue weighted by Crippen LogP contribution is -2.22. The molecule has 1 aromatic rings. The number of hydrogen-bond donors (Lipinski definition) is 0. The second-order valence-corrected chi connectivity index (χ2v) is 5.79. The first kappa shape index (κ1) is 14.5. The number of hydrogen-bond acceptors (Lipinski definition) is 5. The predicted octanol–water partition coefficient (Wildman–Crippen LogP) is 0.732. The zero-order valence-corrected chi connectivity index (χ0v) is 11.4. The summed E-state index contributed by atoms with van der Waals surface area (Å²) in [6, 6.07) is 4.03. The summed E-state index contributed by atoms with van der Waals surface area (Å²) in [6.45, 7) is 0. The first-order chi connectivity index (χ1) is 8.34. The van der Waals surface area contributed by atoms with Gasteiger partial charge in [0.25, 0.3) is 0 Å². The van der Waals surface area contributed by atoms with E-state index in [2.05, 4.69) is 4.74 Å². The Bertz CT molecular complexity index is 551. The summed E-state index contributed by atoms with van der Waals surface area (Å²) in [5.41, 5.74) is 0.0722. The number of carbonyl (C=O) groups is 1. The van der Waals surface area contributed by atoms with Gasteiger partial charge in [0.15, 0.2) is 0 Å². The Hall–Kier alpha value is -1.60. The fourth-order valence-electron chi connectivity index (χ4n) is 1.33. The van der Waals surface area contributed by atoms with Crippen molar-refractivity contribution in [3.8, 4) is 5.75 Å². The number of rotatable bonds is 4. The first-order valence-corrected chi connectivity index (χ1v) is 6.47. The molecule has 7 heteroatoms. The van der Waals surface area contributed by atoms with E-state index < -0.39 is 16.0 Å². The standard InChI is InChI=1S/C11H15NO5S/c1-12(2)18(14,15)8-5-6-10(16-3)9(7-8)11(13)17-4/h5-7H,1-4H3. The normalized spacial score (nSPS) is 11.4. The summed E-state index contributed by atoms with van der Waals surface area (Å²) < 4.78 is 34.5. The van der Waals surface area contributed by atoms with Gasteiger partial charge >= 0.3 is 5.97 Å². The Kier molecular flexibility index (Phi) is 4.31. The summed E-state index contributed by atoms with van der Waals surface area (Å²) in [6.07, 6.45) is 0. The number of nitrogens with zero attached hydrogens (tertiary/aromatic N) is 1. The van der Waals surface area contributed by atoms with E-state index in [9.17, 15) is 13.2 Å². The van der Waals surface area contributed by atoms with Crippen molar-refractivity contribution in [3.63, 3.8) is 0 Å². The average Bonchev–Trinajstić information content (AvgIpc) is 2.36. The van der Waals surface area contributed by atoms with Gasteiger partial charge in [-0.05, 0) is 18.2 Å². The van der Waals surface area contributed by atoms with E-state index in [4.69, 9.17) is 4.74 Å². The quantitative estimate of drug-likeness (QED) is 0.756. The SMILES string of the molecule is COC(=O)c1cc(S(=O)(=O)N(C)C)ccc1OC. The maximum atomic E-state index is 11.9. The Morgan fingerprint density at radius 3 is 2.28 bits per heavy atom. The molecule has 100 valence electrons. The van der Waals surface area contributed by atoms with E-state index in [1.54, 1.807) is 0 Å². The van der Waals surface area contributed by atoms with E-state index in [-0.39, 0.29) is 16.2 Å². The Labute approximate surface area is 106 Å². The molecule has 0 atom stereocenters. The van der Waals surface area contributed by atoms with Crippen LogP contribution in [0.5, 0.6) is 5.75 Å². The Morgan fingerprint density at radius 2 is 1.83 bits per heavy atom. The number of carbonyl (C=O) groups excluding carboxylic acids is 1. The van der Waals surface area contributed by atoms with Gasteiger partial charge in [-0.15, -0.1) is 0 Å². The van der Waals surface area contributed by atoms with E-state index >= 15 is 0 Å². The van der Waals surface area contributed by atoms with Crippen molar-refractivity contribution in [2.24, 2.45) is 0 Å². The van der Waals surface area contributed by atoms with Gasteiger partial charge in [0, 0.05) is 14.1 Å². The molecule has 0 amide bonds. The summed E-state index contributed by atoms with van der Waals surface area (Å²) in [5.74, 6) is -0.387. The van der Waals surface area contributed by atoms with Crippen molar-refractivity contribution in [1.29, 1.82) is 0 Å². The van der Waals surface area contributed by atoms with Crippen LogP contribution in [-0.4, -0.2) is 47.0 Å². The fraction of sp³-hybridized carbons (Fsp3) is 0.364. The van der Waals surface area contributed by atoms with Crippen LogP contribution in [0.2, 0.25) is 0 Å². The molecule has 0 unspecified atom stereocenters. The fourth-order valence-corrected chi connectivity index (χ4v) is 2.26. The van der Waals surface area contributed by atoms with Crippen LogP contribution in [0, 0.1) is 0 Å². The molecule has 0 aliphatic carbocycles. The molecule has 1 aromatic carbocycles. The molecule has 0 bridgehead atoms. The smallest absolute Gasteiger partial charge is 0.341 e. The highest BCUT2D eigenvalue weighted by atomic mass is 32.2. The monoisotopic (exact) mass is 273 g/mol. The van der Waals surface area contributed by atoms with Crippen LogP contribution in [0.3, 0.4) is 0 Å². The highest BCUT2D eigenvalue weighted by Crippen LogP contribution is 2.24. The lowest BCUT2D eigenvalue weighted by atomic mass is 10.2. The van der Waals surface area contributed by atoms with Gasteiger partial charge in [0.2, 0.25) is 10.0 Å². The van der Waals surface area contributed by atoms with Gasteiger partial charge in [-0.1, -0.05) is 0 Å². The number of esters is 1. The third-order valence-corrected chi connectivity index (χ3v) is 4.17. The van der Waals surface area contributed by atoms with Crippen molar-refractivity contribution >= 4 is 16.0 Å². The molecule has 0 radical (unpaired) electrons. The van der Waals surface area contributed by atoms with Gasteiger partial charge in [0.1, 0.15) is 11.3 Å². The average molecular weight is 273 g/mol. The minimum atomic E-state index is -3.60. The summed E-state index contributed by atoms with van der Waals surface area (Å²) in [7, 11) is 1.84. The van der Waals surface area contributed by atoms with Crippen molar-refractivity contribution in [2.45, 2.75) is 4.90 Å².